The van der Waals surface area contributed by atoms with Gasteiger partial charge in [-0.25, -0.2) is 0 Å². The zero-order valence-corrected chi connectivity index (χ0v) is 11.8. The van der Waals surface area contributed by atoms with Crippen LogP contribution in [0.1, 0.15) is 17.2 Å². The average Bonchev–Trinajstić information content (AvgIpc) is 2.69. The minimum absolute atomic E-state index is 0.111. The smallest absolute Gasteiger partial charge is 0.246 e. The molecule has 108 valence electrons. The first-order chi connectivity index (χ1) is 10.2. The maximum atomic E-state index is 12.5. The third-order valence-corrected chi connectivity index (χ3v) is 3.34. The molecule has 1 amide bonds. The number of fused-ring (bicyclic) bond motifs is 1. The molecule has 21 heavy (non-hydrogen) atoms. The molecule has 1 atom stereocenters. The van der Waals surface area contributed by atoms with E-state index in [1.54, 1.807) is 12.4 Å². The van der Waals surface area contributed by atoms with Gasteiger partial charge in [-0.3, -0.25) is 15.1 Å². The Kier molecular flexibility index (Phi) is 3.83. The molecule has 0 fully saturated rings. The number of aryl methyl sites for hydroxylation is 1. The van der Waals surface area contributed by atoms with Gasteiger partial charge in [0.2, 0.25) is 5.91 Å². The molecule has 0 aliphatic carbocycles. The van der Waals surface area contributed by atoms with Crippen molar-refractivity contribution in [1.29, 1.82) is 0 Å². The van der Waals surface area contributed by atoms with Gasteiger partial charge in [-0.15, -0.1) is 0 Å². The highest BCUT2D eigenvalue weighted by atomic mass is 16.5. The molecule has 1 unspecified atom stereocenters. The molecular formula is C16H17N3O2. The highest BCUT2D eigenvalue weighted by Gasteiger charge is 2.25. The molecule has 0 saturated carbocycles. The van der Waals surface area contributed by atoms with E-state index in [0.29, 0.717) is 18.8 Å². The maximum Gasteiger partial charge on any atom is 0.246 e. The number of para-hydroxylation sites is 1. The normalized spacial score (nSPS) is 17.3. The molecule has 2 N–H and O–H groups in total. The molecule has 5 heteroatoms. The van der Waals surface area contributed by atoms with E-state index in [-0.39, 0.29) is 5.91 Å². The van der Waals surface area contributed by atoms with Gasteiger partial charge in [-0.05, 0) is 24.6 Å². The topological polar surface area (TPSA) is 63.2 Å². The number of hydrogen-bond donors (Lipinski definition) is 2. The van der Waals surface area contributed by atoms with Crippen LogP contribution >= 0.6 is 0 Å². The number of amides is 1. The molecule has 2 heterocycles. The van der Waals surface area contributed by atoms with Crippen molar-refractivity contribution in [2.24, 2.45) is 0 Å². The molecule has 3 rings (SSSR count). The highest BCUT2D eigenvalue weighted by Crippen LogP contribution is 2.27. The zero-order chi connectivity index (χ0) is 14.7. The van der Waals surface area contributed by atoms with Crippen LogP contribution in [0, 0.1) is 6.92 Å². The summed E-state index contributed by atoms with van der Waals surface area (Å²) in [6, 6.07) is 9.07. The summed E-state index contributed by atoms with van der Waals surface area (Å²) < 4.78 is 5.64. The summed E-state index contributed by atoms with van der Waals surface area (Å²) in [5.74, 6) is 0.644. The number of nitrogens with one attached hydrogen (secondary N) is 2. The Morgan fingerprint density at radius 2 is 2.24 bits per heavy atom. The molecule has 2 aromatic rings. The first kappa shape index (κ1) is 13.6. The number of pyridine rings is 1. The second kappa shape index (κ2) is 5.93. The maximum absolute atomic E-state index is 12.5. The first-order valence-electron chi connectivity index (χ1n) is 6.91. The van der Waals surface area contributed by atoms with Crippen LogP contribution < -0.4 is 15.4 Å². The fraction of sp³-hybridized carbons (Fsp3) is 0.250. The summed E-state index contributed by atoms with van der Waals surface area (Å²) in [6.45, 7) is 3.11. The number of rotatable bonds is 2. The van der Waals surface area contributed by atoms with Crippen molar-refractivity contribution in [2.45, 2.75) is 13.0 Å². The molecule has 0 radical (unpaired) electrons. The number of carbonyl (C=O) groups is 1. The van der Waals surface area contributed by atoms with Crippen LogP contribution in [0.4, 0.5) is 5.69 Å². The van der Waals surface area contributed by atoms with Crippen LogP contribution in [-0.4, -0.2) is 24.0 Å². The van der Waals surface area contributed by atoms with Gasteiger partial charge in [0, 0.05) is 18.3 Å². The van der Waals surface area contributed by atoms with Crippen molar-refractivity contribution < 1.29 is 9.53 Å². The zero-order valence-electron chi connectivity index (χ0n) is 11.8. The van der Waals surface area contributed by atoms with Crippen LogP contribution in [0.15, 0.2) is 42.7 Å². The van der Waals surface area contributed by atoms with E-state index >= 15 is 0 Å². The number of aromatic nitrogens is 1. The Bertz CT molecular complexity index is 657. The van der Waals surface area contributed by atoms with Gasteiger partial charge >= 0.3 is 0 Å². The lowest BCUT2D eigenvalue weighted by molar-refractivity contribution is -0.118. The second-order valence-electron chi connectivity index (χ2n) is 5.01. The van der Waals surface area contributed by atoms with Crippen molar-refractivity contribution in [3.63, 3.8) is 0 Å². The number of carbonyl (C=O) groups excluding carboxylic acids is 1. The van der Waals surface area contributed by atoms with Gasteiger partial charge in [0.25, 0.3) is 0 Å². The van der Waals surface area contributed by atoms with Crippen molar-refractivity contribution in [3.05, 3.63) is 53.9 Å². The van der Waals surface area contributed by atoms with Crippen molar-refractivity contribution in [1.82, 2.24) is 10.3 Å². The number of ether oxygens (including phenoxy) is 1. The first-order valence-corrected chi connectivity index (χ1v) is 6.91. The minimum atomic E-state index is -0.427. The largest absolute Gasteiger partial charge is 0.492 e. The molecule has 5 nitrogen and oxygen atoms in total. The van der Waals surface area contributed by atoms with Crippen molar-refractivity contribution >= 4 is 11.6 Å². The second-order valence-corrected chi connectivity index (χ2v) is 5.01. The predicted octanol–water partition coefficient (Wildman–Crippen LogP) is 2.05. The third-order valence-electron chi connectivity index (χ3n) is 3.34. The van der Waals surface area contributed by atoms with E-state index in [9.17, 15) is 4.79 Å². The SMILES string of the molecule is Cc1cncc(NC(=O)C2NCCOc3ccccc32)c1. The summed E-state index contributed by atoms with van der Waals surface area (Å²) in [5.41, 5.74) is 2.56. The number of hydrogen-bond acceptors (Lipinski definition) is 4. The van der Waals surface area contributed by atoms with Crippen LogP contribution in [0.25, 0.3) is 0 Å². The number of anilines is 1. The summed E-state index contributed by atoms with van der Waals surface area (Å²) in [6.07, 6.45) is 3.40. The van der Waals surface area contributed by atoms with E-state index in [4.69, 9.17) is 4.74 Å². The Labute approximate surface area is 123 Å². The fourth-order valence-corrected chi connectivity index (χ4v) is 2.40. The van der Waals surface area contributed by atoms with E-state index in [1.165, 1.54) is 0 Å². The van der Waals surface area contributed by atoms with Gasteiger partial charge in [0.15, 0.2) is 0 Å². The quantitative estimate of drug-likeness (QED) is 0.885. The molecular weight excluding hydrogens is 266 g/mol. The van der Waals surface area contributed by atoms with Crippen LogP contribution in [-0.2, 0) is 4.79 Å². The minimum Gasteiger partial charge on any atom is -0.492 e. The standard InChI is InChI=1S/C16H17N3O2/c1-11-8-12(10-17-9-11)19-16(20)15-13-4-2-3-5-14(13)21-7-6-18-15/h2-5,8-10,15,18H,6-7H2,1H3,(H,19,20). The fourth-order valence-electron chi connectivity index (χ4n) is 2.40. The van der Waals surface area contributed by atoms with Gasteiger partial charge in [-0.2, -0.15) is 0 Å². The number of nitrogens with zero attached hydrogens (tertiary/aromatic N) is 1. The van der Waals surface area contributed by atoms with E-state index in [0.717, 1.165) is 16.9 Å². The van der Waals surface area contributed by atoms with E-state index in [2.05, 4.69) is 15.6 Å². The summed E-state index contributed by atoms with van der Waals surface area (Å²) in [5, 5.41) is 6.12. The van der Waals surface area contributed by atoms with Crippen LogP contribution in [0.3, 0.4) is 0 Å². The molecule has 0 saturated heterocycles. The van der Waals surface area contributed by atoms with Gasteiger partial charge in [0.05, 0.1) is 11.9 Å². The third kappa shape index (κ3) is 3.03. The molecule has 0 bridgehead atoms. The van der Waals surface area contributed by atoms with Gasteiger partial charge in [-0.1, -0.05) is 18.2 Å². The Morgan fingerprint density at radius 1 is 1.38 bits per heavy atom. The van der Waals surface area contributed by atoms with Crippen LogP contribution in [0.5, 0.6) is 5.75 Å². The van der Waals surface area contributed by atoms with Crippen LogP contribution in [0.2, 0.25) is 0 Å². The van der Waals surface area contributed by atoms with Gasteiger partial charge in [0.1, 0.15) is 18.4 Å². The molecule has 0 spiro atoms. The lowest BCUT2D eigenvalue weighted by Crippen LogP contribution is -2.33. The lowest BCUT2D eigenvalue weighted by atomic mass is 10.1. The molecule has 1 aliphatic rings. The summed E-state index contributed by atoms with van der Waals surface area (Å²) in [7, 11) is 0. The summed E-state index contributed by atoms with van der Waals surface area (Å²) in [4.78, 5) is 16.6. The summed E-state index contributed by atoms with van der Waals surface area (Å²) >= 11 is 0. The highest BCUT2D eigenvalue weighted by molar-refractivity contribution is 5.96. The van der Waals surface area contributed by atoms with E-state index in [1.807, 2.05) is 37.3 Å². The lowest BCUT2D eigenvalue weighted by Gasteiger charge is -2.17. The Morgan fingerprint density at radius 3 is 3.10 bits per heavy atom. The van der Waals surface area contributed by atoms with Crippen molar-refractivity contribution in [3.8, 4) is 5.75 Å². The molecule has 1 aliphatic heterocycles. The monoisotopic (exact) mass is 283 g/mol. The molecule has 1 aromatic heterocycles. The van der Waals surface area contributed by atoms with E-state index < -0.39 is 6.04 Å². The molecule has 1 aromatic carbocycles. The average molecular weight is 283 g/mol. The number of benzene rings is 1. The predicted molar refractivity (Wildman–Crippen MR) is 80.3 cm³/mol. The Hall–Kier alpha value is -2.40. The van der Waals surface area contributed by atoms with Gasteiger partial charge < -0.3 is 10.1 Å². The Balaban J connectivity index is 1.84. The van der Waals surface area contributed by atoms with Crippen molar-refractivity contribution in [2.75, 3.05) is 18.5 Å².